The van der Waals surface area contributed by atoms with Crippen LogP contribution >= 0.6 is 0 Å². The summed E-state index contributed by atoms with van der Waals surface area (Å²) in [6.45, 7) is 5.69. The van der Waals surface area contributed by atoms with Crippen LogP contribution in [-0.2, 0) is 17.5 Å². The third kappa shape index (κ3) is 6.35. The van der Waals surface area contributed by atoms with E-state index >= 15 is 4.39 Å². The van der Waals surface area contributed by atoms with Gasteiger partial charge >= 0.3 is 6.18 Å². The first kappa shape index (κ1) is 29.7. The van der Waals surface area contributed by atoms with Gasteiger partial charge < -0.3 is 24.8 Å². The molecule has 12 heteroatoms. The van der Waals surface area contributed by atoms with Gasteiger partial charge in [-0.05, 0) is 50.3 Å². The summed E-state index contributed by atoms with van der Waals surface area (Å²) in [4.78, 5) is 33.3. The van der Waals surface area contributed by atoms with Crippen molar-refractivity contribution >= 4 is 17.3 Å². The van der Waals surface area contributed by atoms with Crippen LogP contribution in [0.1, 0.15) is 28.4 Å². The summed E-state index contributed by atoms with van der Waals surface area (Å²) in [5, 5.41) is 2.59. The van der Waals surface area contributed by atoms with Crippen molar-refractivity contribution in [2.45, 2.75) is 31.7 Å². The topological polar surface area (TPSA) is 80.9 Å². The first-order chi connectivity index (χ1) is 19.9. The lowest BCUT2D eigenvalue weighted by Crippen LogP contribution is -2.50. The van der Waals surface area contributed by atoms with Gasteiger partial charge in [0, 0.05) is 50.0 Å². The fraction of sp³-hybridized carbons (Fsp3) is 0.400. The zero-order valence-corrected chi connectivity index (χ0v) is 23.6. The van der Waals surface area contributed by atoms with Gasteiger partial charge in [-0.25, -0.2) is 4.39 Å². The van der Waals surface area contributed by atoms with Crippen LogP contribution in [0.5, 0.6) is 0 Å². The van der Waals surface area contributed by atoms with Crippen molar-refractivity contribution in [3.8, 4) is 11.1 Å². The molecule has 3 aromatic rings. The molecule has 2 aliphatic rings. The van der Waals surface area contributed by atoms with Crippen LogP contribution in [0.25, 0.3) is 11.1 Å². The Morgan fingerprint density at radius 1 is 1.17 bits per heavy atom. The Balaban J connectivity index is 1.53. The number of aromatic amines is 1. The second kappa shape index (κ2) is 11.9. The number of alkyl halides is 3. The number of pyridine rings is 1. The predicted molar refractivity (Wildman–Crippen MR) is 152 cm³/mol. The average Bonchev–Trinajstić information content (AvgIpc) is 2.89. The third-order valence-electron chi connectivity index (χ3n) is 8.02. The summed E-state index contributed by atoms with van der Waals surface area (Å²) in [5.74, 6) is -1.59. The van der Waals surface area contributed by atoms with E-state index in [0.29, 0.717) is 62.8 Å². The fourth-order valence-corrected chi connectivity index (χ4v) is 5.23. The SMILES string of the molecule is CC1CN(c2cc(F)c(-c3cccc(CN(C)C4COC4)c3)cc2NC(=O)c2c[nH]c(=O)cc2C(F)(F)F)CCN1C. The van der Waals surface area contributed by atoms with Crippen LogP contribution in [0.4, 0.5) is 28.9 Å². The van der Waals surface area contributed by atoms with Crippen LogP contribution < -0.4 is 15.8 Å². The number of aromatic nitrogens is 1. The third-order valence-corrected chi connectivity index (χ3v) is 8.02. The van der Waals surface area contributed by atoms with Crippen molar-refractivity contribution in [3.63, 3.8) is 0 Å². The van der Waals surface area contributed by atoms with Gasteiger partial charge in [-0.3, -0.25) is 14.5 Å². The van der Waals surface area contributed by atoms with Crippen molar-refractivity contribution in [1.29, 1.82) is 0 Å². The van der Waals surface area contributed by atoms with Crippen molar-refractivity contribution in [2.75, 3.05) is 57.2 Å². The Hall–Kier alpha value is -3.74. The maximum Gasteiger partial charge on any atom is 0.417 e. The summed E-state index contributed by atoms with van der Waals surface area (Å²) in [7, 11) is 3.97. The minimum atomic E-state index is -4.93. The second-order valence-electron chi connectivity index (χ2n) is 11.0. The van der Waals surface area contributed by atoms with Crippen molar-refractivity contribution < 1.29 is 27.1 Å². The van der Waals surface area contributed by atoms with Crippen molar-refractivity contribution in [3.05, 3.63) is 81.5 Å². The molecule has 2 aliphatic heterocycles. The predicted octanol–water partition coefficient (Wildman–Crippen LogP) is 4.42. The number of anilines is 2. The van der Waals surface area contributed by atoms with Gasteiger partial charge in [0.1, 0.15) is 5.82 Å². The molecule has 1 unspecified atom stereocenters. The number of rotatable bonds is 7. The molecule has 1 atom stereocenters. The Bertz CT molecular complexity index is 1520. The summed E-state index contributed by atoms with van der Waals surface area (Å²) in [5.41, 5.74) is -0.824. The van der Waals surface area contributed by atoms with Crippen LogP contribution in [0.2, 0.25) is 0 Å². The molecule has 1 aromatic heterocycles. The van der Waals surface area contributed by atoms with Gasteiger partial charge in [0.2, 0.25) is 5.56 Å². The Morgan fingerprint density at radius 2 is 1.93 bits per heavy atom. The lowest BCUT2D eigenvalue weighted by molar-refractivity contribution is -0.138. The summed E-state index contributed by atoms with van der Waals surface area (Å²) >= 11 is 0. The zero-order valence-electron chi connectivity index (χ0n) is 23.6. The molecule has 1 amide bonds. The van der Waals surface area contributed by atoms with E-state index in [1.54, 1.807) is 6.07 Å². The molecule has 5 rings (SSSR count). The van der Waals surface area contributed by atoms with Gasteiger partial charge in [-0.15, -0.1) is 0 Å². The van der Waals surface area contributed by atoms with Gasteiger partial charge in [0.25, 0.3) is 5.91 Å². The Labute approximate surface area is 240 Å². The van der Waals surface area contributed by atoms with Crippen molar-refractivity contribution in [2.24, 2.45) is 0 Å². The van der Waals surface area contributed by atoms with E-state index in [1.807, 2.05) is 44.1 Å². The first-order valence-corrected chi connectivity index (χ1v) is 13.7. The fourth-order valence-electron chi connectivity index (χ4n) is 5.23. The number of halogens is 4. The monoisotopic (exact) mass is 587 g/mol. The molecule has 2 N–H and O–H groups in total. The number of ether oxygens (including phenoxy) is 1. The maximum absolute atomic E-state index is 15.8. The Morgan fingerprint density at radius 3 is 2.60 bits per heavy atom. The highest BCUT2D eigenvalue weighted by Crippen LogP contribution is 2.37. The molecule has 0 spiro atoms. The molecule has 2 aromatic carbocycles. The highest BCUT2D eigenvalue weighted by Gasteiger charge is 2.36. The normalized spacial score (nSPS) is 18.3. The number of carbonyl (C=O) groups excluding carboxylic acids is 1. The molecule has 2 fully saturated rings. The molecule has 42 heavy (non-hydrogen) atoms. The quantitative estimate of drug-likeness (QED) is 0.399. The van der Waals surface area contributed by atoms with E-state index in [0.717, 1.165) is 11.8 Å². The average molecular weight is 588 g/mol. The number of piperazine rings is 1. The number of H-pyrrole nitrogens is 1. The molecular formula is C30H33F4N5O3. The molecule has 224 valence electrons. The van der Waals surface area contributed by atoms with Crippen LogP contribution in [0.3, 0.4) is 0 Å². The number of likely N-dealkylation sites (N-methyl/N-ethyl adjacent to an activating group) is 2. The van der Waals surface area contributed by atoms with Crippen LogP contribution in [0.15, 0.2) is 53.5 Å². The van der Waals surface area contributed by atoms with Gasteiger partial charge in [0.05, 0.1) is 41.8 Å². The van der Waals surface area contributed by atoms with Crippen LogP contribution in [-0.4, -0.2) is 79.7 Å². The highest BCUT2D eigenvalue weighted by molar-refractivity contribution is 6.07. The second-order valence-corrected chi connectivity index (χ2v) is 11.0. The number of hydrogen-bond donors (Lipinski definition) is 2. The number of amides is 1. The number of nitrogens with one attached hydrogen (secondary N) is 2. The number of hydrogen-bond acceptors (Lipinski definition) is 6. The summed E-state index contributed by atoms with van der Waals surface area (Å²) in [6.07, 6.45) is -4.18. The minimum absolute atomic E-state index is 0.121. The molecule has 0 aliphatic carbocycles. The van der Waals surface area contributed by atoms with Gasteiger partial charge in [-0.1, -0.05) is 18.2 Å². The molecule has 0 radical (unpaired) electrons. The molecule has 0 bridgehead atoms. The lowest BCUT2D eigenvalue weighted by Gasteiger charge is -2.39. The van der Waals surface area contributed by atoms with E-state index in [9.17, 15) is 22.8 Å². The highest BCUT2D eigenvalue weighted by atomic mass is 19.4. The summed E-state index contributed by atoms with van der Waals surface area (Å²) in [6, 6.07) is 10.9. The molecular weight excluding hydrogens is 554 g/mol. The number of benzene rings is 2. The lowest BCUT2D eigenvalue weighted by atomic mass is 9.99. The van der Waals surface area contributed by atoms with Gasteiger partial charge in [0.15, 0.2) is 0 Å². The van der Waals surface area contributed by atoms with Crippen LogP contribution in [0, 0.1) is 5.82 Å². The number of nitrogens with zero attached hydrogens (tertiary/aromatic N) is 3. The standard InChI is InChI=1S/C30H33F4N5O3/c1-18-14-39(8-7-37(18)2)27-12-25(31)22(20-6-4-5-19(9-20)15-38(3)21-16-42-17-21)10-26(27)36-29(41)23-13-35-28(40)11-24(23)30(32,33)34/h4-6,9-13,18,21H,7-8,14-17H2,1-3H3,(H,35,40)(H,36,41). The Kier molecular flexibility index (Phi) is 8.40. The largest absolute Gasteiger partial charge is 0.417 e. The van der Waals surface area contributed by atoms with E-state index in [1.165, 1.54) is 12.1 Å². The molecule has 0 saturated carbocycles. The number of carbonyl (C=O) groups is 1. The smallest absolute Gasteiger partial charge is 0.378 e. The summed E-state index contributed by atoms with van der Waals surface area (Å²) < 4.78 is 62.2. The zero-order chi connectivity index (χ0) is 30.2. The molecule has 3 heterocycles. The van der Waals surface area contributed by atoms with E-state index in [-0.39, 0.29) is 17.3 Å². The molecule has 8 nitrogen and oxygen atoms in total. The van der Waals surface area contributed by atoms with E-state index in [4.69, 9.17) is 4.74 Å². The molecule has 2 saturated heterocycles. The van der Waals surface area contributed by atoms with Crippen molar-refractivity contribution in [1.82, 2.24) is 14.8 Å². The van der Waals surface area contributed by atoms with Gasteiger partial charge in [-0.2, -0.15) is 13.2 Å². The van der Waals surface area contributed by atoms with E-state index in [2.05, 4.69) is 20.1 Å². The first-order valence-electron chi connectivity index (χ1n) is 13.7. The van der Waals surface area contributed by atoms with E-state index < -0.39 is 34.6 Å². The minimum Gasteiger partial charge on any atom is -0.378 e. The maximum atomic E-state index is 15.8.